The first-order valence-corrected chi connectivity index (χ1v) is 12.1. The molecule has 2 aromatic rings. The van der Waals surface area contributed by atoms with E-state index in [1.54, 1.807) is 7.11 Å². The van der Waals surface area contributed by atoms with Crippen molar-refractivity contribution >= 4 is 5.91 Å². The Bertz CT molecular complexity index is 923. The number of hydrogen-bond donors (Lipinski definition) is 0. The maximum Gasteiger partial charge on any atom is 0.253 e. The minimum absolute atomic E-state index is 0.0843. The number of carbonyl (C=O) groups excluding carboxylic acids is 1. The number of methoxy groups -OCH3 is 1. The first kappa shape index (κ1) is 25.0. The van der Waals surface area contributed by atoms with Gasteiger partial charge >= 0.3 is 0 Å². The van der Waals surface area contributed by atoms with Crippen LogP contribution in [0.2, 0.25) is 0 Å². The summed E-state index contributed by atoms with van der Waals surface area (Å²) >= 11 is 0. The van der Waals surface area contributed by atoms with E-state index in [0.717, 1.165) is 30.9 Å². The number of nitrogens with zero attached hydrogens (tertiary/aromatic N) is 3. The van der Waals surface area contributed by atoms with Gasteiger partial charge in [-0.2, -0.15) is 0 Å². The van der Waals surface area contributed by atoms with Gasteiger partial charge in [0.25, 0.3) is 5.91 Å². The largest absolute Gasteiger partial charge is 0.497 e. The molecule has 3 rings (SSSR count). The third kappa shape index (κ3) is 5.66. The van der Waals surface area contributed by atoms with Gasteiger partial charge in [-0.1, -0.05) is 30.3 Å². The van der Waals surface area contributed by atoms with Crippen LogP contribution in [0.1, 0.15) is 55.2 Å². The molecule has 0 aromatic heterocycles. The third-order valence-electron chi connectivity index (χ3n) is 6.79. The molecule has 1 aliphatic heterocycles. The van der Waals surface area contributed by atoms with E-state index in [1.165, 1.54) is 11.1 Å². The van der Waals surface area contributed by atoms with Gasteiger partial charge < -0.3 is 9.64 Å². The number of piperazine rings is 1. The molecule has 5 heteroatoms. The lowest BCUT2D eigenvalue weighted by Gasteiger charge is -2.47. The fraction of sp³-hybridized carbons (Fsp3) is 0.464. The highest BCUT2D eigenvalue weighted by Crippen LogP contribution is 2.34. The van der Waals surface area contributed by atoms with Crippen LogP contribution in [0, 0.1) is 0 Å². The molecule has 0 bridgehead atoms. The van der Waals surface area contributed by atoms with Crippen LogP contribution in [-0.2, 0) is 0 Å². The van der Waals surface area contributed by atoms with Gasteiger partial charge in [-0.15, -0.1) is 6.58 Å². The van der Waals surface area contributed by atoms with Gasteiger partial charge in [-0.25, -0.2) is 0 Å². The van der Waals surface area contributed by atoms with Crippen molar-refractivity contribution in [2.24, 2.45) is 0 Å². The molecular formula is C28H39N3O2. The van der Waals surface area contributed by atoms with Gasteiger partial charge in [-0.05, 0) is 63.1 Å². The highest BCUT2D eigenvalue weighted by molar-refractivity contribution is 5.94. The van der Waals surface area contributed by atoms with Crippen LogP contribution in [0.4, 0.5) is 0 Å². The zero-order chi connectivity index (χ0) is 24.0. The molecule has 33 heavy (non-hydrogen) atoms. The molecule has 0 aliphatic carbocycles. The van der Waals surface area contributed by atoms with Crippen LogP contribution in [0.5, 0.6) is 5.75 Å². The van der Waals surface area contributed by atoms with E-state index >= 15 is 0 Å². The van der Waals surface area contributed by atoms with E-state index in [4.69, 9.17) is 4.74 Å². The second-order valence-electron chi connectivity index (χ2n) is 8.92. The minimum atomic E-state index is 0.0843. The number of carbonyl (C=O) groups is 1. The van der Waals surface area contributed by atoms with Crippen molar-refractivity contribution in [2.75, 3.05) is 39.8 Å². The molecule has 1 heterocycles. The minimum Gasteiger partial charge on any atom is -0.497 e. The average molecular weight is 450 g/mol. The van der Waals surface area contributed by atoms with E-state index in [2.05, 4.69) is 60.6 Å². The van der Waals surface area contributed by atoms with Gasteiger partial charge in [0, 0.05) is 50.4 Å². The van der Waals surface area contributed by atoms with E-state index in [-0.39, 0.29) is 11.9 Å². The van der Waals surface area contributed by atoms with Crippen molar-refractivity contribution < 1.29 is 9.53 Å². The zero-order valence-electron chi connectivity index (χ0n) is 20.8. The molecule has 0 spiro atoms. The molecule has 5 nitrogen and oxygen atoms in total. The second kappa shape index (κ2) is 11.5. The van der Waals surface area contributed by atoms with Gasteiger partial charge in [0.1, 0.15) is 5.75 Å². The molecule has 1 aliphatic rings. The summed E-state index contributed by atoms with van der Waals surface area (Å²) in [4.78, 5) is 19.8. The lowest BCUT2D eigenvalue weighted by Crippen LogP contribution is -2.57. The SMILES string of the molecule is C=CCN1CC(C)N(C(c2ccc(C(=O)N(CC)CC)cc2)c2cccc(OC)c2)C[C@H]1C. The van der Waals surface area contributed by atoms with Crippen LogP contribution in [-0.4, -0.2) is 72.5 Å². The Morgan fingerprint density at radius 1 is 1.09 bits per heavy atom. The van der Waals surface area contributed by atoms with Crippen LogP contribution in [0.25, 0.3) is 0 Å². The van der Waals surface area contributed by atoms with Crippen LogP contribution >= 0.6 is 0 Å². The van der Waals surface area contributed by atoms with Crippen molar-refractivity contribution in [3.63, 3.8) is 0 Å². The maximum absolute atomic E-state index is 12.8. The van der Waals surface area contributed by atoms with Crippen molar-refractivity contribution in [2.45, 2.75) is 45.8 Å². The number of amides is 1. The summed E-state index contributed by atoms with van der Waals surface area (Å²) in [5.74, 6) is 0.946. The average Bonchev–Trinajstić information content (AvgIpc) is 2.83. The van der Waals surface area contributed by atoms with E-state index in [0.29, 0.717) is 25.2 Å². The van der Waals surface area contributed by atoms with Crippen LogP contribution in [0.15, 0.2) is 61.2 Å². The lowest BCUT2D eigenvalue weighted by atomic mass is 9.92. The number of benzene rings is 2. The summed E-state index contributed by atoms with van der Waals surface area (Å²) < 4.78 is 5.54. The summed E-state index contributed by atoms with van der Waals surface area (Å²) in [5.41, 5.74) is 3.13. The van der Waals surface area contributed by atoms with E-state index < -0.39 is 0 Å². The Kier molecular flexibility index (Phi) is 8.70. The summed E-state index contributed by atoms with van der Waals surface area (Å²) in [5, 5.41) is 0. The second-order valence-corrected chi connectivity index (χ2v) is 8.92. The van der Waals surface area contributed by atoms with Gasteiger partial charge in [-0.3, -0.25) is 14.6 Å². The van der Waals surface area contributed by atoms with Crippen molar-refractivity contribution in [1.29, 1.82) is 0 Å². The van der Waals surface area contributed by atoms with Gasteiger partial charge in [0.2, 0.25) is 0 Å². The molecule has 1 saturated heterocycles. The first-order chi connectivity index (χ1) is 15.9. The normalized spacial score (nSPS) is 20.3. The van der Waals surface area contributed by atoms with Crippen molar-refractivity contribution in [3.05, 3.63) is 77.9 Å². The predicted octanol–water partition coefficient (Wildman–Crippen LogP) is 4.85. The monoisotopic (exact) mass is 449 g/mol. The first-order valence-electron chi connectivity index (χ1n) is 12.1. The Balaban J connectivity index is 1.98. The molecular weight excluding hydrogens is 410 g/mol. The summed E-state index contributed by atoms with van der Waals surface area (Å²) in [7, 11) is 1.71. The van der Waals surface area contributed by atoms with Crippen LogP contribution in [0.3, 0.4) is 0 Å². The standard InChI is InChI=1S/C28H39N3O2/c1-7-17-30-19-22(5)31(20-21(30)4)27(25-11-10-12-26(18-25)33-6)23-13-15-24(16-14-23)28(32)29(8-2)9-3/h7,10-16,18,21-22,27H,1,8-9,17,19-20H2,2-6H3/t21-,22?,27?/m1/s1. The molecule has 0 saturated carbocycles. The molecule has 2 unspecified atom stereocenters. The molecule has 0 radical (unpaired) electrons. The smallest absolute Gasteiger partial charge is 0.253 e. The number of hydrogen-bond acceptors (Lipinski definition) is 4. The van der Waals surface area contributed by atoms with Gasteiger partial charge in [0.05, 0.1) is 13.2 Å². The molecule has 3 atom stereocenters. The molecule has 1 fully saturated rings. The fourth-order valence-corrected chi connectivity index (χ4v) is 4.89. The Hall–Kier alpha value is -2.63. The van der Waals surface area contributed by atoms with Gasteiger partial charge in [0.15, 0.2) is 0 Å². The van der Waals surface area contributed by atoms with Crippen molar-refractivity contribution in [3.8, 4) is 5.75 Å². The Morgan fingerprint density at radius 3 is 2.39 bits per heavy atom. The van der Waals surface area contributed by atoms with E-state index in [9.17, 15) is 4.79 Å². The van der Waals surface area contributed by atoms with Crippen LogP contribution < -0.4 is 4.74 Å². The molecule has 0 N–H and O–H groups in total. The number of ether oxygens (including phenoxy) is 1. The summed E-state index contributed by atoms with van der Waals surface area (Å²) in [6.07, 6.45) is 1.99. The fourth-order valence-electron chi connectivity index (χ4n) is 4.89. The molecule has 2 aromatic carbocycles. The topological polar surface area (TPSA) is 36.0 Å². The Labute approximate surface area is 199 Å². The zero-order valence-corrected chi connectivity index (χ0v) is 20.8. The third-order valence-corrected chi connectivity index (χ3v) is 6.79. The highest BCUT2D eigenvalue weighted by Gasteiger charge is 2.34. The summed E-state index contributed by atoms with van der Waals surface area (Å²) in [6.45, 7) is 16.8. The highest BCUT2D eigenvalue weighted by atomic mass is 16.5. The molecule has 178 valence electrons. The lowest BCUT2D eigenvalue weighted by molar-refractivity contribution is 0.0306. The van der Waals surface area contributed by atoms with E-state index in [1.807, 2.05) is 43.0 Å². The predicted molar refractivity (Wildman–Crippen MR) is 136 cm³/mol. The Morgan fingerprint density at radius 2 is 1.79 bits per heavy atom. The quantitative estimate of drug-likeness (QED) is 0.513. The van der Waals surface area contributed by atoms with Crippen molar-refractivity contribution in [1.82, 2.24) is 14.7 Å². The summed E-state index contributed by atoms with van der Waals surface area (Å²) in [6, 6.07) is 17.4. The maximum atomic E-state index is 12.8. The number of rotatable bonds is 9. The molecule has 1 amide bonds.